The Morgan fingerprint density at radius 3 is 2.42 bits per heavy atom. The van der Waals surface area contributed by atoms with E-state index < -0.39 is 40.7 Å². The lowest BCUT2D eigenvalue weighted by Gasteiger charge is -2.23. The number of halogens is 4. The van der Waals surface area contributed by atoms with E-state index in [1.807, 2.05) is 13.8 Å². The summed E-state index contributed by atoms with van der Waals surface area (Å²) < 4.78 is 44.8. The summed E-state index contributed by atoms with van der Waals surface area (Å²) >= 11 is 6.14. The highest BCUT2D eigenvalue weighted by atomic mass is 35.5. The zero-order valence-electron chi connectivity index (χ0n) is 18.0. The van der Waals surface area contributed by atoms with Crippen LogP contribution in [0.15, 0.2) is 30.4 Å². The van der Waals surface area contributed by atoms with E-state index in [0.717, 1.165) is 18.2 Å². The summed E-state index contributed by atoms with van der Waals surface area (Å²) in [5.41, 5.74) is -1.95. The summed E-state index contributed by atoms with van der Waals surface area (Å²) in [4.78, 5) is 16.7. The molecule has 0 aromatic heterocycles. The van der Waals surface area contributed by atoms with Crippen LogP contribution in [0.3, 0.4) is 0 Å². The number of benzene rings is 1. The van der Waals surface area contributed by atoms with Crippen LogP contribution >= 0.6 is 11.6 Å². The topological polar surface area (TPSA) is 55.8 Å². The molecule has 8 heteroatoms. The van der Waals surface area contributed by atoms with Crippen molar-refractivity contribution in [3.05, 3.63) is 46.5 Å². The first-order valence-electron chi connectivity index (χ1n) is 9.67. The minimum Gasteiger partial charge on any atom is -0.457 e. The number of terminal acetylenes is 1. The van der Waals surface area contributed by atoms with Crippen LogP contribution in [0.2, 0.25) is 5.02 Å². The van der Waals surface area contributed by atoms with Crippen LogP contribution in [0.4, 0.5) is 13.2 Å². The number of carbonyl (C=O) groups is 1. The third-order valence-corrected chi connectivity index (χ3v) is 5.83. The van der Waals surface area contributed by atoms with Crippen LogP contribution in [0.25, 0.3) is 0 Å². The molecule has 1 aromatic carbocycles. The van der Waals surface area contributed by atoms with Gasteiger partial charge in [-0.1, -0.05) is 37.4 Å². The van der Waals surface area contributed by atoms with Crippen LogP contribution < -0.4 is 0 Å². The Kier molecular flexibility index (Phi) is 7.21. The van der Waals surface area contributed by atoms with Gasteiger partial charge in [0.1, 0.15) is 11.7 Å². The lowest BCUT2D eigenvalue weighted by molar-refractivity contribution is -0.287. The average molecular weight is 459 g/mol. The number of hydrogen-bond acceptors (Lipinski definition) is 4. The second kappa shape index (κ2) is 8.85. The molecule has 170 valence electrons. The fourth-order valence-electron chi connectivity index (χ4n) is 3.89. The lowest BCUT2D eigenvalue weighted by atomic mass is 9.88. The molecular formula is C23H26ClF3O4. The summed E-state index contributed by atoms with van der Waals surface area (Å²) in [5, 5.41) is 9.66. The second-order valence-electron chi connectivity index (χ2n) is 9.21. The fourth-order valence-corrected chi connectivity index (χ4v) is 4.12. The van der Waals surface area contributed by atoms with Crippen LogP contribution in [0.5, 0.6) is 0 Å². The number of alkyl halides is 3. The molecule has 0 bridgehead atoms. The third-order valence-electron chi connectivity index (χ3n) is 5.48. The number of allylic oxidation sites excluding steroid dienone is 1. The Labute approximate surface area is 185 Å². The Hall–Kier alpha value is -2.01. The van der Waals surface area contributed by atoms with Gasteiger partial charge in [0.15, 0.2) is 0 Å². The first-order valence-corrected chi connectivity index (χ1v) is 10.1. The van der Waals surface area contributed by atoms with E-state index in [1.165, 1.54) is 6.08 Å². The van der Waals surface area contributed by atoms with Gasteiger partial charge in [0.2, 0.25) is 0 Å². The van der Waals surface area contributed by atoms with Gasteiger partial charge in [-0.15, -0.1) is 6.42 Å². The summed E-state index contributed by atoms with van der Waals surface area (Å²) in [6.45, 7) is 9.00. The normalized spacial score (nSPS) is 22.6. The predicted molar refractivity (Wildman–Crippen MR) is 111 cm³/mol. The highest BCUT2D eigenvalue weighted by Crippen LogP contribution is 2.63. The van der Waals surface area contributed by atoms with Crippen molar-refractivity contribution in [2.75, 3.05) is 0 Å². The Balaban J connectivity index is 2.32. The monoisotopic (exact) mass is 458 g/mol. The zero-order valence-corrected chi connectivity index (χ0v) is 18.7. The molecule has 0 aliphatic heterocycles. The van der Waals surface area contributed by atoms with Crippen molar-refractivity contribution in [3.63, 3.8) is 0 Å². The lowest BCUT2D eigenvalue weighted by Crippen LogP contribution is -2.26. The molecule has 0 spiro atoms. The maximum Gasteiger partial charge on any atom is 0.416 e. The summed E-state index contributed by atoms with van der Waals surface area (Å²) in [7, 11) is 0. The second-order valence-corrected chi connectivity index (χ2v) is 9.62. The van der Waals surface area contributed by atoms with E-state index in [-0.39, 0.29) is 22.4 Å². The van der Waals surface area contributed by atoms with Crippen molar-refractivity contribution in [1.82, 2.24) is 0 Å². The molecule has 1 aliphatic rings. The minimum absolute atomic E-state index is 0.0376. The fraction of sp³-hybridized carbons (Fsp3) is 0.522. The number of rotatable bonds is 6. The van der Waals surface area contributed by atoms with Gasteiger partial charge in [-0.25, -0.2) is 9.68 Å². The van der Waals surface area contributed by atoms with Gasteiger partial charge in [0, 0.05) is 17.0 Å². The SMILES string of the molecule is C#CC(c1cc(C(F)(F)F)ccc1Cl)C(OO)C1C(C=CC(=O)OC(C)(C)C)C1(C)C. The number of ether oxygens (including phenoxy) is 1. The van der Waals surface area contributed by atoms with E-state index in [0.29, 0.717) is 0 Å². The summed E-state index contributed by atoms with van der Waals surface area (Å²) in [6.07, 6.45) is 2.96. The van der Waals surface area contributed by atoms with Gasteiger partial charge in [-0.3, -0.25) is 5.26 Å². The highest BCUT2D eigenvalue weighted by molar-refractivity contribution is 6.31. The van der Waals surface area contributed by atoms with Gasteiger partial charge in [0.05, 0.1) is 11.5 Å². The van der Waals surface area contributed by atoms with Crippen LogP contribution in [0.1, 0.15) is 51.7 Å². The van der Waals surface area contributed by atoms with Gasteiger partial charge < -0.3 is 4.74 Å². The Morgan fingerprint density at radius 1 is 1.32 bits per heavy atom. The van der Waals surface area contributed by atoms with Crippen LogP contribution in [0, 0.1) is 29.6 Å². The average Bonchev–Trinajstić information content (AvgIpc) is 3.16. The van der Waals surface area contributed by atoms with Gasteiger partial charge >= 0.3 is 12.1 Å². The van der Waals surface area contributed by atoms with Gasteiger partial charge in [0.25, 0.3) is 0 Å². The molecule has 31 heavy (non-hydrogen) atoms. The molecule has 0 amide bonds. The van der Waals surface area contributed by atoms with Crippen molar-refractivity contribution in [2.45, 2.75) is 58.4 Å². The van der Waals surface area contributed by atoms with E-state index >= 15 is 0 Å². The van der Waals surface area contributed by atoms with Crippen molar-refractivity contribution in [1.29, 1.82) is 0 Å². The van der Waals surface area contributed by atoms with Gasteiger partial charge in [-0.2, -0.15) is 13.2 Å². The Bertz CT molecular complexity index is 894. The number of esters is 1. The molecule has 4 nitrogen and oxygen atoms in total. The minimum atomic E-state index is -4.58. The molecule has 0 saturated heterocycles. The largest absolute Gasteiger partial charge is 0.457 e. The van der Waals surface area contributed by atoms with E-state index in [4.69, 9.17) is 22.8 Å². The third kappa shape index (κ3) is 5.82. The Morgan fingerprint density at radius 2 is 1.94 bits per heavy atom. The van der Waals surface area contributed by atoms with Crippen molar-refractivity contribution >= 4 is 17.6 Å². The van der Waals surface area contributed by atoms with Crippen LogP contribution in [-0.4, -0.2) is 22.9 Å². The standard InChI is InChI=1S/C23H26ClF3O4/c1-7-14(15-12-13(23(25,26)27)8-10-17(15)24)20(31-29)19-16(22(19,5)6)9-11-18(28)30-21(2,3)4/h1,8-12,14,16,19-20,29H,2-6H3. The quantitative estimate of drug-likeness (QED) is 0.184. The smallest absolute Gasteiger partial charge is 0.416 e. The van der Waals surface area contributed by atoms with E-state index in [9.17, 15) is 23.2 Å². The molecule has 0 heterocycles. The molecule has 1 N–H and O–H groups in total. The maximum atomic E-state index is 13.2. The van der Waals surface area contributed by atoms with E-state index in [1.54, 1.807) is 26.8 Å². The molecule has 4 unspecified atom stereocenters. The molecule has 1 aromatic rings. The van der Waals surface area contributed by atoms with E-state index in [2.05, 4.69) is 10.8 Å². The van der Waals surface area contributed by atoms with Gasteiger partial charge in [-0.05, 0) is 55.9 Å². The van der Waals surface area contributed by atoms with Crippen molar-refractivity contribution in [3.8, 4) is 12.3 Å². The highest BCUT2D eigenvalue weighted by Gasteiger charge is 2.62. The van der Waals surface area contributed by atoms with Crippen molar-refractivity contribution in [2.24, 2.45) is 17.3 Å². The maximum absolute atomic E-state index is 13.2. The molecule has 2 rings (SSSR count). The summed E-state index contributed by atoms with van der Waals surface area (Å²) in [6, 6.07) is 2.86. The molecular weight excluding hydrogens is 433 g/mol. The number of hydrogen-bond donors (Lipinski definition) is 1. The summed E-state index contributed by atoms with van der Waals surface area (Å²) in [5.74, 6) is 0.254. The molecule has 4 atom stereocenters. The first kappa shape index (κ1) is 25.3. The van der Waals surface area contributed by atoms with Crippen LogP contribution in [-0.2, 0) is 20.6 Å². The predicted octanol–water partition coefficient (Wildman–Crippen LogP) is 6.10. The molecule has 1 fully saturated rings. The number of carbonyl (C=O) groups excluding carboxylic acids is 1. The molecule has 1 aliphatic carbocycles. The molecule has 1 saturated carbocycles. The zero-order chi connectivity index (χ0) is 23.8. The molecule has 0 radical (unpaired) electrons. The van der Waals surface area contributed by atoms with Crippen molar-refractivity contribution < 1.29 is 32.8 Å². The first-order chi connectivity index (χ1) is 14.1.